The largest absolute Gasteiger partial charge is 0.462 e. The van der Waals surface area contributed by atoms with Crippen molar-refractivity contribution in [2.75, 3.05) is 0 Å². The number of hydrogen-bond acceptors (Lipinski definition) is 5. The maximum absolute atomic E-state index is 12.9. The highest BCUT2D eigenvalue weighted by Crippen LogP contribution is 2.38. The summed E-state index contributed by atoms with van der Waals surface area (Å²) >= 11 is 0. The van der Waals surface area contributed by atoms with Gasteiger partial charge in [0.25, 0.3) is 0 Å². The van der Waals surface area contributed by atoms with Gasteiger partial charge in [-0.3, -0.25) is 4.79 Å². The van der Waals surface area contributed by atoms with E-state index < -0.39 is 14.1 Å². The molecule has 0 saturated carbocycles. The van der Waals surface area contributed by atoms with Crippen molar-refractivity contribution in [3.63, 3.8) is 0 Å². The van der Waals surface area contributed by atoms with Crippen LogP contribution >= 0.6 is 0 Å². The standard InChI is InChI=1S/C27H50O5Si/c1-9-10-11-12-13-14-15-16-21-19-24-23(30-27(5,6)31-24)18-17-22(20-25(28)29-21)32-33(7,8)26(2,3)4/h17-18,21-24H,9-16,19-20H2,1-8H3/b18-17+/t21-,22-,23+,24+/m1/s1. The molecule has 2 aliphatic heterocycles. The summed E-state index contributed by atoms with van der Waals surface area (Å²) in [5.74, 6) is -0.815. The molecule has 1 fully saturated rings. The van der Waals surface area contributed by atoms with Crippen LogP contribution in [0, 0.1) is 0 Å². The highest BCUT2D eigenvalue weighted by atomic mass is 28.4. The van der Waals surface area contributed by atoms with E-state index in [4.69, 9.17) is 18.6 Å². The van der Waals surface area contributed by atoms with E-state index in [1.807, 2.05) is 19.9 Å². The van der Waals surface area contributed by atoms with Crippen LogP contribution in [0.25, 0.3) is 0 Å². The minimum absolute atomic E-state index is 0.0667. The van der Waals surface area contributed by atoms with Crippen LogP contribution in [0.1, 0.15) is 106 Å². The van der Waals surface area contributed by atoms with Crippen LogP contribution in [0.3, 0.4) is 0 Å². The van der Waals surface area contributed by atoms with Crippen LogP contribution in [0.2, 0.25) is 18.1 Å². The van der Waals surface area contributed by atoms with Gasteiger partial charge in [-0.15, -0.1) is 0 Å². The molecule has 4 atom stereocenters. The predicted molar refractivity (Wildman–Crippen MR) is 137 cm³/mol. The average molecular weight is 483 g/mol. The Morgan fingerprint density at radius 1 is 1.03 bits per heavy atom. The van der Waals surface area contributed by atoms with Crippen molar-refractivity contribution >= 4 is 14.3 Å². The molecule has 0 bridgehead atoms. The summed E-state index contributed by atoms with van der Waals surface area (Å²) < 4.78 is 25.0. The first-order valence-corrected chi connectivity index (χ1v) is 16.1. The Bertz CT molecular complexity index is 637. The second-order valence-electron chi connectivity index (χ2n) is 11.9. The first kappa shape index (κ1) is 28.5. The topological polar surface area (TPSA) is 54.0 Å². The van der Waals surface area contributed by atoms with Gasteiger partial charge in [0.2, 0.25) is 0 Å². The van der Waals surface area contributed by atoms with Gasteiger partial charge in [-0.1, -0.05) is 78.4 Å². The lowest BCUT2D eigenvalue weighted by Gasteiger charge is -2.38. The van der Waals surface area contributed by atoms with Gasteiger partial charge < -0.3 is 18.6 Å². The molecule has 0 unspecified atom stereocenters. The molecule has 0 aromatic rings. The maximum atomic E-state index is 12.9. The Labute approximate surface area is 204 Å². The summed E-state index contributed by atoms with van der Waals surface area (Å²) in [4.78, 5) is 12.9. The number of hydrogen-bond donors (Lipinski definition) is 0. The van der Waals surface area contributed by atoms with Crippen LogP contribution in [0.15, 0.2) is 12.2 Å². The molecule has 1 saturated heterocycles. The van der Waals surface area contributed by atoms with Crippen LogP contribution in [0.4, 0.5) is 0 Å². The number of cyclic esters (lactones) is 1. The normalized spacial score (nSPS) is 29.4. The predicted octanol–water partition coefficient (Wildman–Crippen LogP) is 7.30. The van der Waals surface area contributed by atoms with Crippen molar-refractivity contribution in [2.24, 2.45) is 0 Å². The second kappa shape index (κ2) is 12.3. The van der Waals surface area contributed by atoms with Gasteiger partial charge in [0.15, 0.2) is 14.1 Å². The molecule has 0 aromatic carbocycles. The van der Waals surface area contributed by atoms with Crippen molar-refractivity contribution in [3.8, 4) is 0 Å². The van der Waals surface area contributed by atoms with Gasteiger partial charge in [0.05, 0.1) is 18.6 Å². The summed E-state index contributed by atoms with van der Waals surface area (Å²) in [5.41, 5.74) is 0. The molecule has 33 heavy (non-hydrogen) atoms. The van der Waals surface area contributed by atoms with Crippen molar-refractivity contribution in [1.29, 1.82) is 0 Å². The highest BCUT2D eigenvalue weighted by molar-refractivity contribution is 6.74. The Kier molecular flexibility index (Phi) is 10.7. The zero-order valence-electron chi connectivity index (χ0n) is 22.6. The Morgan fingerprint density at radius 2 is 1.67 bits per heavy atom. The van der Waals surface area contributed by atoms with Crippen LogP contribution in [0.5, 0.6) is 0 Å². The van der Waals surface area contributed by atoms with Gasteiger partial charge in [-0.25, -0.2) is 0 Å². The molecule has 0 aliphatic carbocycles. The quantitative estimate of drug-likeness (QED) is 0.141. The zero-order chi connectivity index (χ0) is 24.7. The van der Waals surface area contributed by atoms with E-state index in [1.165, 1.54) is 38.5 Å². The number of carbonyl (C=O) groups excluding carboxylic acids is 1. The first-order chi connectivity index (χ1) is 15.3. The van der Waals surface area contributed by atoms with Gasteiger partial charge >= 0.3 is 5.97 Å². The van der Waals surface area contributed by atoms with E-state index in [-0.39, 0.29) is 41.8 Å². The average Bonchev–Trinajstić information content (AvgIpc) is 2.97. The molecule has 0 amide bonds. The fourth-order valence-electron chi connectivity index (χ4n) is 4.36. The van der Waals surface area contributed by atoms with E-state index in [0.717, 1.165) is 12.8 Å². The van der Waals surface area contributed by atoms with Crippen LogP contribution in [-0.4, -0.2) is 44.5 Å². The molecule has 0 aromatic heterocycles. The molecular weight excluding hydrogens is 432 g/mol. The van der Waals surface area contributed by atoms with Crippen molar-refractivity contribution in [1.82, 2.24) is 0 Å². The number of rotatable bonds is 10. The minimum Gasteiger partial charge on any atom is -0.462 e. The zero-order valence-corrected chi connectivity index (χ0v) is 23.6. The molecule has 2 heterocycles. The van der Waals surface area contributed by atoms with E-state index in [2.05, 4.69) is 46.9 Å². The lowest BCUT2D eigenvalue weighted by molar-refractivity contribution is -0.156. The van der Waals surface area contributed by atoms with E-state index in [0.29, 0.717) is 6.42 Å². The molecule has 2 aliphatic rings. The lowest BCUT2D eigenvalue weighted by Crippen LogP contribution is -2.44. The Morgan fingerprint density at radius 3 is 2.30 bits per heavy atom. The van der Waals surface area contributed by atoms with E-state index >= 15 is 0 Å². The molecule has 192 valence electrons. The van der Waals surface area contributed by atoms with Crippen molar-refractivity contribution < 1.29 is 23.4 Å². The third kappa shape index (κ3) is 9.46. The molecule has 0 spiro atoms. The van der Waals surface area contributed by atoms with Gasteiger partial charge in [0.1, 0.15) is 12.2 Å². The van der Waals surface area contributed by atoms with Gasteiger partial charge in [-0.05, 0) is 44.8 Å². The molecule has 5 nitrogen and oxygen atoms in total. The van der Waals surface area contributed by atoms with Crippen LogP contribution < -0.4 is 0 Å². The highest BCUT2D eigenvalue weighted by Gasteiger charge is 2.43. The fraction of sp³-hybridized carbons (Fsp3) is 0.889. The lowest BCUT2D eigenvalue weighted by atomic mass is 9.99. The van der Waals surface area contributed by atoms with Crippen molar-refractivity contribution in [3.05, 3.63) is 12.2 Å². The SMILES string of the molecule is CCCCCCCCC[C@@H]1C[C@@H]2OC(C)(C)O[C@H]2/C=C/[C@@H](O[Si](C)(C)C(C)(C)C)CC(=O)O1. The first-order valence-electron chi connectivity index (χ1n) is 13.2. The van der Waals surface area contributed by atoms with Crippen LogP contribution in [-0.2, 0) is 23.4 Å². The van der Waals surface area contributed by atoms with Gasteiger partial charge in [0, 0.05) is 6.42 Å². The third-order valence-corrected chi connectivity index (χ3v) is 11.8. The summed E-state index contributed by atoms with van der Waals surface area (Å²) in [7, 11) is -2.04. The third-order valence-electron chi connectivity index (χ3n) is 7.28. The summed E-state index contributed by atoms with van der Waals surface area (Å²) in [6.07, 6.45) is 13.9. The molecular formula is C27H50O5Si. The number of carbonyl (C=O) groups is 1. The summed E-state index contributed by atoms with van der Waals surface area (Å²) in [6, 6.07) is 0. The fourth-order valence-corrected chi connectivity index (χ4v) is 5.63. The van der Waals surface area contributed by atoms with Crippen molar-refractivity contribution in [2.45, 2.75) is 154 Å². The van der Waals surface area contributed by atoms with E-state index in [1.54, 1.807) is 0 Å². The molecule has 6 heteroatoms. The minimum atomic E-state index is -2.04. The second-order valence-corrected chi connectivity index (χ2v) is 16.7. The molecule has 2 rings (SSSR count). The summed E-state index contributed by atoms with van der Waals surface area (Å²) in [5, 5.41) is 0.0667. The number of fused-ring (bicyclic) bond motifs is 1. The monoisotopic (exact) mass is 482 g/mol. The number of esters is 1. The number of ether oxygens (including phenoxy) is 3. The Balaban J connectivity index is 2.07. The number of unbranched alkanes of at least 4 members (excludes halogenated alkanes) is 6. The summed E-state index contributed by atoms with van der Waals surface area (Å²) in [6.45, 7) is 17.2. The maximum Gasteiger partial charge on any atom is 0.308 e. The van der Waals surface area contributed by atoms with Gasteiger partial charge in [-0.2, -0.15) is 0 Å². The molecule has 0 N–H and O–H groups in total. The van der Waals surface area contributed by atoms with E-state index in [9.17, 15) is 4.79 Å². The smallest absolute Gasteiger partial charge is 0.308 e. The molecule has 0 radical (unpaired) electrons. The Hall–Kier alpha value is -0.693.